The first-order valence-electron chi connectivity index (χ1n) is 7.39. The summed E-state index contributed by atoms with van der Waals surface area (Å²) in [6.07, 6.45) is -0.235. The van der Waals surface area contributed by atoms with E-state index in [4.69, 9.17) is 9.84 Å². The van der Waals surface area contributed by atoms with Crippen molar-refractivity contribution in [2.45, 2.75) is 25.8 Å². The highest BCUT2D eigenvalue weighted by molar-refractivity contribution is 7.13. The summed E-state index contributed by atoms with van der Waals surface area (Å²) < 4.78 is 5.04. The van der Waals surface area contributed by atoms with Crippen LogP contribution in [-0.4, -0.2) is 41.2 Å². The van der Waals surface area contributed by atoms with Gasteiger partial charge < -0.3 is 15.2 Å². The minimum Gasteiger partial charge on any atom is -0.481 e. The van der Waals surface area contributed by atoms with Gasteiger partial charge in [-0.05, 0) is 19.4 Å². The van der Waals surface area contributed by atoms with E-state index < -0.39 is 17.4 Å². The van der Waals surface area contributed by atoms with Crippen molar-refractivity contribution >= 4 is 23.2 Å². The van der Waals surface area contributed by atoms with E-state index in [0.717, 1.165) is 16.1 Å². The van der Waals surface area contributed by atoms with E-state index in [9.17, 15) is 9.59 Å². The van der Waals surface area contributed by atoms with Crippen LogP contribution in [0.5, 0.6) is 0 Å². The van der Waals surface area contributed by atoms with Gasteiger partial charge in [0.05, 0.1) is 18.6 Å². The normalized spacial score (nSPS) is 13.3. The number of carbonyl (C=O) groups excluding carboxylic acids is 1. The maximum atomic E-state index is 12.4. The number of aryl methyl sites for hydroxylation is 1. The minimum absolute atomic E-state index is 0.0971. The number of rotatable bonds is 7. The number of thiazole rings is 1. The van der Waals surface area contributed by atoms with Crippen LogP contribution in [-0.2, 0) is 9.53 Å². The summed E-state index contributed by atoms with van der Waals surface area (Å²) in [6, 6.07) is 7.81. The molecule has 6 nitrogen and oxygen atoms in total. The second-order valence-corrected chi connectivity index (χ2v) is 6.73. The van der Waals surface area contributed by atoms with Gasteiger partial charge in [0.1, 0.15) is 10.7 Å². The summed E-state index contributed by atoms with van der Waals surface area (Å²) in [5.74, 6) is -1.42. The molecule has 24 heavy (non-hydrogen) atoms. The van der Waals surface area contributed by atoms with Gasteiger partial charge in [-0.1, -0.05) is 24.3 Å². The van der Waals surface area contributed by atoms with E-state index >= 15 is 0 Å². The Balaban J connectivity index is 2.18. The molecule has 0 aliphatic rings. The van der Waals surface area contributed by atoms with E-state index in [-0.39, 0.29) is 18.7 Å². The van der Waals surface area contributed by atoms with Gasteiger partial charge in [0.25, 0.3) is 5.91 Å². The standard InChI is InChI=1S/C17H20N2O4S/c1-11-6-4-5-7-12(11)16-18-13(9-24-16)15(22)19-17(2,10-23-3)8-14(20)21/h4-7,9H,8,10H2,1-3H3,(H,19,22)(H,20,21). The van der Waals surface area contributed by atoms with E-state index in [1.54, 1.807) is 12.3 Å². The predicted octanol–water partition coefficient (Wildman–Crippen LogP) is 2.73. The summed E-state index contributed by atoms with van der Waals surface area (Å²) in [5.41, 5.74) is 1.33. The average Bonchev–Trinajstić information content (AvgIpc) is 2.96. The lowest BCUT2D eigenvalue weighted by molar-refractivity contribution is -0.139. The molecular formula is C17H20N2O4S. The highest BCUT2D eigenvalue weighted by Crippen LogP contribution is 2.26. The van der Waals surface area contributed by atoms with Crippen LogP contribution in [0.1, 0.15) is 29.4 Å². The van der Waals surface area contributed by atoms with Crippen LogP contribution < -0.4 is 5.32 Å². The van der Waals surface area contributed by atoms with Crippen molar-refractivity contribution < 1.29 is 19.4 Å². The molecule has 0 spiro atoms. The second kappa shape index (κ2) is 7.55. The molecule has 1 unspecified atom stereocenters. The third-order valence-corrected chi connectivity index (χ3v) is 4.41. The lowest BCUT2D eigenvalue weighted by Gasteiger charge is -2.28. The fourth-order valence-electron chi connectivity index (χ4n) is 2.44. The molecule has 0 radical (unpaired) electrons. The third kappa shape index (κ3) is 4.39. The van der Waals surface area contributed by atoms with Crippen LogP contribution in [0.4, 0.5) is 0 Å². The topological polar surface area (TPSA) is 88.5 Å². The molecule has 0 aliphatic heterocycles. The summed E-state index contributed by atoms with van der Waals surface area (Å²) >= 11 is 1.38. The number of carbonyl (C=O) groups is 2. The number of hydrogen-bond acceptors (Lipinski definition) is 5. The summed E-state index contributed by atoms with van der Waals surface area (Å²) in [5, 5.41) is 14.2. The molecule has 1 aromatic heterocycles. The van der Waals surface area contributed by atoms with Crippen molar-refractivity contribution in [2.75, 3.05) is 13.7 Å². The van der Waals surface area contributed by atoms with Crippen molar-refractivity contribution in [3.05, 3.63) is 40.9 Å². The summed E-state index contributed by atoms with van der Waals surface area (Å²) in [7, 11) is 1.46. The number of aromatic nitrogens is 1. The second-order valence-electron chi connectivity index (χ2n) is 5.87. The Labute approximate surface area is 144 Å². The molecule has 1 atom stereocenters. The first kappa shape index (κ1) is 18.1. The summed E-state index contributed by atoms with van der Waals surface area (Å²) in [6.45, 7) is 3.72. The van der Waals surface area contributed by atoms with Crippen molar-refractivity contribution in [1.82, 2.24) is 10.3 Å². The van der Waals surface area contributed by atoms with E-state index in [2.05, 4.69) is 10.3 Å². The van der Waals surface area contributed by atoms with Crippen molar-refractivity contribution in [1.29, 1.82) is 0 Å². The zero-order valence-electron chi connectivity index (χ0n) is 13.8. The molecule has 0 saturated carbocycles. The van der Waals surface area contributed by atoms with E-state index in [1.165, 1.54) is 18.4 Å². The Kier molecular flexibility index (Phi) is 5.69. The number of carboxylic acids is 1. The van der Waals surface area contributed by atoms with Crippen molar-refractivity contribution in [3.63, 3.8) is 0 Å². The highest BCUT2D eigenvalue weighted by atomic mass is 32.1. The lowest BCUT2D eigenvalue weighted by atomic mass is 9.99. The van der Waals surface area contributed by atoms with Crippen LogP contribution in [0.2, 0.25) is 0 Å². The van der Waals surface area contributed by atoms with Crippen LogP contribution in [0.15, 0.2) is 29.6 Å². The fraction of sp³-hybridized carbons (Fsp3) is 0.353. The molecule has 0 saturated heterocycles. The van der Waals surface area contributed by atoms with Gasteiger partial charge in [0, 0.05) is 18.1 Å². The monoisotopic (exact) mass is 348 g/mol. The SMILES string of the molecule is COCC(C)(CC(=O)O)NC(=O)c1csc(-c2ccccc2C)n1. The fourth-order valence-corrected chi connectivity index (χ4v) is 3.33. The number of ether oxygens (including phenoxy) is 1. The molecule has 2 N–H and O–H groups in total. The van der Waals surface area contributed by atoms with Crippen LogP contribution in [0.3, 0.4) is 0 Å². The number of benzene rings is 1. The Morgan fingerprint density at radius 2 is 2.08 bits per heavy atom. The van der Waals surface area contributed by atoms with E-state index in [1.807, 2.05) is 31.2 Å². The highest BCUT2D eigenvalue weighted by Gasteiger charge is 2.30. The van der Waals surface area contributed by atoms with Gasteiger partial charge in [-0.25, -0.2) is 4.98 Å². The predicted molar refractivity (Wildman–Crippen MR) is 92.3 cm³/mol. The maximum absolute atomic E-state index is 12.4. The van der Waals surface area contributed by atoms with Crippen LogP contribution in [0.25, 0.3) is 10.6 Å². The maximum Gasteiger partial charge on any atom is 0.305 e. The number of methoxy groups -OCH3 is 1. The summed E-state index contributed by atoms with van der Waals surface area (Å²) in [4.78, 5) is 27.8. The smallest absolute Gasteiger partial charge is 0.305 e. The molecule has 2 aromatic rings. The third-order valence-electron chi connectivity index (χ3n) is 3.53. The number of amides is 1. The molecule has 128 valence electrons. The first-order valence-corrected chi connectivity index (χ1v) is 8.27. The largest absolute Gasteiger partial charge is 0.481 e. The quantitative estimate of drug-likeness (QED) is 0.803. The van der Waals surface area contributed by atoms with Gasteiger partial charge >= 0.3 is 5.97 Å². The Morgan fingerprint density at radius 3 is 2.71 bits per heavy atom. The Bertz CT molecular complexity index is 744. The lowest BCUT2D eigenvalue weighted by Crippen LogP contribution is -2.50. The van der Waals surface area contributed by atoms with Crippen LogP contribution >= 0.6 is 11.3 Å². The molecule has 1 amide bonds. The Morgan fingerprint density at radius 1 is 1.38 bits per heavy atom. The molecule has 0 bridgehead atoms. The molecule has 2 rings (SSSR count). The number of nitrogens with one attached hydrogen (secondary N) is 1. The molecule has 1 heterocycles. The average molecular weight is 348 g/mol. The van der Waals surface area contributed by atoms with Gasteiger partial charge in [0.2, 0.25) is 0 Å². The van der Waals surface area contributed by atoms with Crippen molar-refractivity contribution in [3.8, 4) is 10.6 Å². The van der Waals surface area contributed by atoms with Gasteiger partial charge in [-0.2, -0.15) is 0 Å². The molecule has 7 heteroatoms. The van der Waals surface area contributed by atoms with Gasteiger partial charge in [-0.15, -0.1) is 11.3 Å². The molecule has 0 aliphatic carbocycles. The minimum atomic E-state index is -1.01. The first-order chi connectivity index (χ1) is 11.3. The number of aliphatic carboxylic acids is 1. The zero-order chi connectivity index (χ0) is 17.7. The molecular weight excluding hydrogens is 328 g/mol. The number of carboxylic acid groups (broad SMARTS) is 1. The number of hydrogen-bond donors (Lipinski definition) is 2. The zero-order valence-corrected chi connectivity index (χ0v) is 14.6. The molecule has 1 aromatic carbocycles. The van der Waals surface area contributed by atoms with Crippen molar-refractivity contribution in [2.24, 2.45) is 0 Å². The van der Waals surface area contributed by atoms with Crippen LogP contribution in [0, 0.1) is 6.92 Å². The molecule has 0 fully saturated rings. The van der Waals surface area contributed by atoms with E-state index in [0.29, 0.717) is 0 Å². The Hall–Kier alpha value is -2.25. The van der Waals surface area contributed by atoms with Gasteiger partial charge in [-0.3, -0.25) is 9.59 Å². The number of nitrogens with zero attached hydrogens (tertiary/aromatic N) is 1. The van der Waals surface area contributed by atoms with Gasteiger partial charge in [0.15, 0.2) is 0 Å².